The summed E-state index contributed by atoms with van der Waals surface area (Å²) in [6, 6.07) is 9.92. The van der Waals surface area contributed by atoms with E-state index in [2.05, 4.69) is 0 Å². The summed E-state index contributed by atoms with van der Waals surface area (Å²) in [5.74, 6) is 0.0426. The molecule has 1 saturated carbocycles. The van der Waals surface area contributed by atoms with Gasteiger partial charge in [-0.3, -0.25) is 4.79 Å². The van der Waals surface area contributed by atoms with Crippen LogP contribution in [0.4, 0.5) is 0 Å². The Morgan fingerprint density at radius 3 is 2.57 bits per heavy atom. The van der Waals surface area contributed by atoms with Crippen LogP contribution >= 0.6 is 0 Å². The zero-order valence-electron chi connectivity index (χ0n) is 12.8. The molecule has 116 valence electrons. The van der Waals surface area contributed by atoms with Gasteiger partial charge in [-0.25, -0.2) is 0 Å². The van der Waals surface area contributed by atoms with Crippen molar-refractivity contribution in [2.45, 2.75) is 44.2 Å². The molecule has 1 aromatic carbocycles. The number of methoxy groups -OCH3 is 1. The first-order chi connectivity index (χ1) is 10.1. The highest BCUT2D eigenvalue weighted by molar-refractivity contribution is 5.76. The minimum Gasteiger partial charge on any atom is -0.388 e. The molecule has 0 atom stereocenters. The predicted octanol–water partition coefficient (Wildman–Crippen LogP) is 2.36. The molecule has 0 aliphatic heterocycles. The number of carbonyl (C=O) groups is 1. The summed E-state index contributed by atoms with van der Waals surface area (Å²) < 4.78 is 5.00. The van der Waals surface area contributed by atoms with Gasteiger partial charge in [0.2, 0.25) is 5.91 Å². The smallest absolute Gasteiger partial charge is 0.225 e. The van der Waals surface area contributed by atoms with Crippen LogP contribution in [0.2, 0.25) is 0 Å². The van der Waals surface area contributed by atoms with E-state index in [1.165, 1.54) is 0 Å². The minimum atomic E-state index is -0.711. The molecule has 4 nitrogen and oxygen atoms in total. The van der Waals surface area contributed by atoms with Crippen molar-refractivity contribution in [3.8, 4) is 0 Å². The van der Waals surface area contributed by atoms with Gasteiger partial charge in [0.1, 0.15) is 0 Å². The second-order valence-corrected chi connectivity index (χ2v) is 5.91. The Balaban J connectivity index is 2.04. The quantitative estimate of drug-likeness (QED) is 0.839. The molecule has 1 N–H and O–H groups in total. The van der Waals surface area contributed by atoms with Crippen molar-refractivity contribution in [3.63, 3.8) is 0 Å². The van der Waals surface area contributed by atoms with E-state index in [1.54, 1.807) is 12.0 Å². The van der Waals surface area contributed by atoms with Crippen molar-refractivity contribution >= 4 is 5.91 Å². The van der Waals surface area contributed by atoms with Crippen LogP contribution in [0.25, 0.3) is 0 Å². The molecular weight excluding hydrogens is 266 g/mol. The second-order valence-electron chi connectivity index (χ2n) is 5.91. The molecule has 2 rings (SSSR count). The van der Waals surface area contributed by atoms with Crippen LogP contribution in [-0.2, 0) is 16.1 Å². The average molecular weight is 291 g/mol. The first-order valence-electron chi connectivity index (χ1n) is 7.66. The van der Waals surface area contributed by atoms with E-state index in [4.69, 9.17) is 4.74 Å². The van der Waals surface area contributed by atoms with E-state index in [-0.39, 0.29) is 5.91 Å². The van der Waals surface area contributed by atoms with Gasteiger partial charge in [-0.1, -0.05) is 43.2 Å². The highest BCUT2D eigenvalue weighted by Gasteiger charge is 2.34. The first kappa shape index (κ1) is 16.0. The van der Waals surface area contributed by atoms with E-state index >= 15 is 0 Å². The third-order valence-electron chi connectivity index (χ3n) is 4.11. The largest absolute Gasteiger partial charge is 0.388 e. The lowest BCUT2D eigenvalue weighted by atomic mass is 10.0. The zero-order valence-corrected chi connectivity index (χ0v) is 12.8. The fourth-order valence-corrected chi connectivity index (χ4v) is 2.93. The van der Waals surface area contributed by atoms with Gasteiger partial charge >= 0.3 is 0 Å². The Hall–Kier alpha value is -1.39. The number of ether oxygens (including phenoxy) is 1. The first-order valence-corrected chi connectivity index (χ1v) is 7.66. The molecular formula is C17H25NO3. The topological polar surface area (TPSA) is 49.8 Å². The standard InChI is InChI=1S/C17H25NO3/c1-21-12-9-16(19)18(13-15-7-3-2-4-8-15)14-17(20)10-5-6-11-17/h2-4,7-8,20H,5-6,9-14H2,1H3. The van der Waals surface area contributed by atoms with Crippen LogP contribution < -0.4 is 0 Å². The van der Waals surface area contributed by atoms with Gasteiger partial charge < -0.3 is 14.7 Å². The summed E-state index contributed by atoms with van der Waals surface area (Å²) in [6.07, 6.45) is 4.02. The highest BCUT2D eigenvalue weighted by atomic mass is 16.5. The number of benzene rings is 1. The Labute approximate surface area is 126 Å². The van der Waals surface area contributed by atoms with Gasteiger partial charge in [-0.15, -0.1) is 0 Å². The maximum Gasteiger partial charge on any atom is 0.225 e. The van der Waals surface area contributed by atoms with Gasteiger partial charge in [0, 0.05) is 20.2 Å². The molecule has 0 aromatic heterocycles. The molecule has 1 aliphatic carbocycles. The number of aliphatic hydroxyl groups is 1. The predicted molar refractivity (Wildman–Crippen MR) is 81.8 cm³/mol. The summed E-state index contributed by atoms with van der Waals surface area (Å²) in [5, 5.41) is 10.6. The van der Waals surface area contributed by atoms with E-state index in [0.717, 1.165) is 31.2 Å². The average Bonchev–Trinajstić information content (AvgIpc) is 2.92. The van der Waals surface area contributed by atoms with Crippen LogP contribution in [0.3, 0.4) is 0 Å². The Kier molecular flexibility index (Phi) is 5.76. The van der Waals surface area contributed by atoms with Crippen molar-refractivity contribution in [3.05, 3.63) is 35.9 Å². The molecule has 0 radical (unpaired) electrons. The minimum absolute atomic E-state index is 0.0426. The monoisotopic (exact) mass is 291 g/mol. The molecule has 4 heteroatoms. The van der Waals surface area contributed by atoms with Crippen molar-refractivity contribution < 1.29 is 14.6 Å². The number of amides is 1. The van der Waals surface area contributed by atoms with Crippen LogP contribution in [0.1, 0.15) is 37.7 Å². The van der Waals surface area contributed by atoms with Gasteiger partial charge in [-0.2, -0.15) is 0 Å². The SMILES string of the molecule is COCCC(=O)N(Cc1ccccc1)CC1(O)CCCC1. The number of hydrogen-bond donors (Lipinski definition) is 1. The molecule has 1 amide bonds. The summed E-state index contributed by atoms with van der Waals surface area (Å²) in [5.41, 5.74) is 0.377. The lowest BCUT2D eigenvalue weighted by molar-refractivity contribution is -0.136. The Morgan fingerprint density at radius 1 is 1.29 bits per heavy atom. The Morgan fingerprint density at radius 2 is 1.95 bits per heavy atom. The molecule has 0 saturated heterocycles. The number of carbonyl (C=O) groups excluding carboxylic acids is 1. The van der Waals surface area contributed by atoms with Gasteiger partial charge in [0.15, 0.2) is 0 Å². The summed E-state index contributed by atoms with van der Waals surface area (Å²) >= 11 is 0. The van der Waals surface area contributed by atoms with E-state index in [9.17, 15) is 9.90 Å². The van der Waals surface area contributed by atoms with Crippen LogP contribution in [0.15, 0.2) is 30.3 Å². The second kappa shape index (κ2) is 7.57. The molecule has 0 heterocycles. The normalized spacial score (nSPS) is 16.9. The van der Waals surface area contributed by atoms with Crippen molar-refractivity contribution in [1.82, 2.24) is 4.90 Å². The highest BCUT2D eigenvalue weighted by Crippen LogP contribution is 2.30. The van der Waals surface area contributed by atoms with E-state index in [1.807, 2.05) is 30.3 Å². The summed E-state index contributed by atoms with van der Waals surface area (Å²) in [4.78, 5) is 14.1. The maximum absolute atomic E-state index is 12.4. The number of nitrogens with zero attached hydrogens (tertiary/aromatic N) is 1. The zero-order chi connectivity index (χ0) is 15.1. The van der Waals surface area contributed by atoms with E-state index < -0.39 is 5.60 Å². The van der Waals surface area contributed by atoms with Crippen molar-refractivity contribution in [1.29, 1.82) is 0 Å². The Bertz CT molecular complexity index is 441. The fourth-order valence-electron chi connectivity index (χ4n) is 2.93. The third kappa shape index (κ3) is 4.83. The third-order valence-corrected chi connectivity index (χ3v) is 4.11. The van der Waals surface area contributed by atoms with Crippen LogP contribution in [-0.4, -0.2) is 41.8 Å². The van der Waals surface area contributed by atoms with Gasteiger partial charge in [-0.05, 0) is 18.4 Å². The molecule has 1 aromatic rings. The molecule has 0 spiro atoms. The molecule has 0 unspecified atom stereocenters. The lowest BCUT2D eigenvalue weighted by Crippen LogP contribution is -2.44. The lowest BCUT2D eigenvalue weighted by Gasteiger charge is -2.31. The van der Waals surface area contributed by atoms with Crippen LogP contribution in [0.5, 0.6) is 0 Å². The number of rotatable bonds is 7. The molecule has 0 bridgehead atoms. The molecule has 1 fully saturated rings. The number of hydrogen-bond acceptors (Lipinski definition) is 3. The van der Waals surface area contributed by atoms with Gasteiger partial charge in [0.05, 0.1) is 18.6 Å². The molecule has 1 aliphatic rings. The maximum atomic E-state index is 12.4. The summed E-state index contributed by atoms with van der Waals surface area (Å²) in [7, 11) is 1.60. The van der Waals surface area contributed by atoms with Crippen molar-refractivity contribution in [2.75, 3.05) is 20.3 Å². The fraction of sp³-hybridized carbons (Fsp3) is 0.588. The molecule has 21 heavy (non-hydrogen) atoms. The van der Waals surface area contributed by atoms with Gasteiger partial charge in [0.25, 0.3) is 0 Å². The van der Waals surface area contributed by atoms with Crippen molar-refractivity contribution in [2.24, 2.45) is 0 Å². The van der Waals surface area contributed by atoms with E-state index in [0.29, 0.717) is 26.1 Å². The summed E-state index contributed by atoms with van der Waals surface area (Å²) in [6.45, 7) is 1.39. The van der Waals surface area contributed by atoms with Crippen LogP contribution in [0, 0.1) is 0 Å².